The van der Waals surface area contributed by atoms with Crippen LogP contribution in [-0.4, -0.2) is 30.2 Å². The number of rotatable bonds is 6. The second-order valence-corrected chi connectivity index (χ2v) is 5.65. The van der Waals surface area contributed by atoms with Crippen molar-refractivity contribution in [3.05, 3.63) is 16.6 Å². The SMILES string of the molecule is O=C(O)CCS(=O)(=O)NCc1cncs1. The number of carboxylic acid groups (broad SMARTS) is 1. The molecule has 0 aliphatic heterocycles. The van der Waals surface area contributed by atoms with Crippen LogP contribution in [0.4, 0.5) is 0 Å². The minimum atomic E-state index is -3.50. The molecule has 0 spiro atoms. The van der Waals surface area contributed by atoms with E-state index in [0.717, 1.165) is 4.88 Å². The highest BCUT2D eigenvalue weighted by Crippen LogP contribution is 2.05. The standard InChI is InChI=1S/C7H10N2O4S2/c10-7(11)1-2-15(12,13)9-4-6-3-8-5-14-6/h3,5,9H,1-2,4H2,(H,10,11). The summed E-state index contributed by atoms with van der Waals surface area (Å²) in [5.41, 5.74) is 1.60. The number of carboxylic acids is 1. The maximum absolute atomic E-state index is 11.2. The molecule has 1 aromatic rings. The maximum Gasteiger partial charge on any atom is 0.304 e. The van der Waals surface area contributed by atoms with Gasteiger partial charge in [-0.05, 0) is 0 Å². The second kappa shape index (κ2) is 5.19. The van der Waals surface area contributed by atoms with Crippen LogP contribution in [0.5, 0.6) is 0 Å². The fraction of sp³-hybridized carbons (Fsp3) is 0.429. The first-order valence-corrected chi connectivity index (χ1v) is 6.59. The molecular formula is C7H10N2O4S2. The van der Waals surface area contributed by atoms with Crippen LogP contribution >= 0.6 is 11.3 Å². The monoisotopic (exact) mass is 250 g/mol. The van der Waals surface area contributed by atoms with Crippen LogP contribution in [0.2, 0.25) is 0 Å². The quantitative estimate of drug-likeness (QED) is 0.743. The lowest BCUT2D eigenvalue weighted by Crippen LogP contribution is -2.26. The zero-order valence-electron chi connectivity index (χ0n) is 7.71. The van der Waals surface area contributed by atoms with Gasteiger partial charge in [-0.1, -0.05) is 0 Å². The minimum Gasteiger partial charge on any atom is -0.481 e. The van der Waals surface area contributed by atoms with E-state index in [1.54, 1.807) is 11.7 Å². The van der Waals surface area contributed by atoms with Crippen molar-refractivity contribution in [2.75, 3.05) is 5.75 Å². The molecule has 1 heterocycles. The minimum absolute atomic E-state index is 0.159. The van der Waals surface area contributed by atoms with E-state index < -0.39 is 28.2 Å². The third kappa shape index (κ3) is 4.86. The lowest BCUT2D eigenvalue weighted by atomic mass is 10.5. The van der Waals surface area contributed by atoms with Gasteiger partial charge in [0, 0.05) is 17.6 Å². The summed E-state index contributed by atoms with van der Waals surface area (Å²) in [5, 5.41) is 8.33. The summed E-state index contributed by atoms with van der Waals surface area (Å²) in [7, 11) is -3.50. The second-order valence-electron chi connectivity index (χ2n) is 2.75. The van der Waals surface area contributed by atoms with Crippen molar-refractivity contribution in [1.29, 1.82) is 0 Å². The number of aliphatic carboxylic acids is 1. The Morgan fingerprint density at radius 1 is 1.60 bits per heavy atom. The van der Waals surface area contributed by atoms with E-state index in [1.165, 1.54) is 11.3 Å². The predicted octanol–water partition coefficient (Wildman–Crippen LogP) is 0.0372. The normalized spacial score (nSPS) is 11.5. The molecule has 6 nitrogen and oxygen atoms in total. The van der Waals surface area contributed by atoms with Gasteiger partial charge < -0.3 is 5.11 Å². The molecule has 0 unspecified atom stereocenters. The van der Waals surface area contributed by atoms with Crippen LogP contribution in [0.15, 0.2) is 11.7 Å². The molecule has 15 heavy (non-hydrogen) atoms. The summed E-state index contributed by atoms with van der Waals surface area (Å²) in [4.78, 5) is 14.8. The molecule has 0 aromatic carbocycles. The number of carbonyl (C=O) groups is 1. The molecule has 0 saturated carbocycles. The van der Waals surface area contributed by atoms with Gasteiger partial charge in [0.15, 0.2) is 0 Å². The number of nitrogens with zero attached hydrogens (tertiary/aromatic N) is 1. The van der Waals surface area contributed by atoms with Crippen LogP contribution in [0.3, 0.4) is 0 Å². The first-order chi connectivity index (χ1) is 6.99. The summed E-state index contributed by atoms with van der Waals surface area (Å²) in [5.74, 6) is -1.53. The maximum atomic E-state index is 11.2. The van der Waals surface area contributed by atoms with Gasteiger partial charge in [-0.2, -0.15) is 0 Å². The smallest absolute Gasteiger partial charge is 0.304 e. The van der Waals surface area contributed by atoms with Crippen molar-refractivity contribution in [3.8, 4) is 0 Å². The van der Waals surface area contributed by atoms with Crippen LogP contribution in [0.1, 0.15) is 11.3 Å². The molecule has 1 aromatic heterocycles. The van der Waals surface area contributed by atoms with E-state index >= 15 is 0 Å². The molecule has 1 rings (SSSR count). The Hall–Kier alpha value is -0.990. The molecule has 0 bridgehead atoms. The number of thiazole rings is 1. The number of aromatic nitrogens is 1. The summed E-state index contributed by atoms with van der Waals surface area (Å²) in [6, 6.07) is 0. The first-order valence-electron chi connectivity index (χ1n) is 4.06. The first kappa shape index (κ1) is 12.1. The van der Waals surface area contributed by atoms with E-state index in [-0.39, 0.29) is 6.54 Å². The Morgan fingerprint density at radius 2 is 2.33 bits per heavy atom. The molecule has 8 heteroatoms. The van der Waals surface area contributed by atoms with Crippen molar-refractivity contribution in [3.63, 3.8) is 0 Å². The summed E-state index contributed by atoms with van der Waals surface area (Å²) < 4.78 is 24.8. The van der Waals surface area contributed by atoms with Crippen molar-refractivity contribution in [2.24, 2.45) is 0 Å². The Kier molecular flexibility index (Phi) is 4.18. The van der Waals surface area contributed by atoms with E-state index in [2.05, 4.69) is 9.71 Å². The molecule has 0 fully saturated rings. The van der Waals surface area contributed by atoms with Gasteiger partial charge in [-0.15, -0.1) is 11.3 Å². The Morgan fingerprint density at radius 3 is 2.87 bits per heavy atom. The van der Waals surface area contributed by atoms with Gasteiger partial charge in [0.05, 0.1) is 17.7 Å². The van der Waals surface area contributed by atoms with Gasteiger partial charge >= 0.3 is 5.97 Å². The lowest BCUT2D eigenvalue weighted by molar-refractivity contribution is -0.136. The Labute approximate surface area is 91.0 Å². The number of sulfonamides is 1. The van der Waals surface area contributed by atoms with Crippen LogP contribution in [0, 0.1) is 0 Å². The lowest BCUT2D eigenvalue weighted by Gasteiger charge is -2.02. The van der Waals surface area contributed by atoms with E-state index in [0.29, 0.717) is 0 Å². The summed E-state index contributed by atoms with van der Waals surface area (Å²) >= 11 is 1.33. The molecule has 0 radical (unpaired) electrons. The highest BCUT2D eigenvalue weighted by atomic mass is 32.2. The average molecular weight is 250 g/mol. The van der Waals surface area contributed by atoms with E-state index in [1.807, 2.05) is 0 Å². The summed E-state index contributed by atoms with van der Waals surface area (Å²) in [6.07, 6.45) is 1.17. The number of nitrogens with one attached hydrogen (secondary N) is 1. The highest BCUT2D eigenvalue weighted by Gasteiger charge is 2.12. The van der Waals surface area contributed by atoms with Crippen LogP contribution < -0.4 is 4.72 Å². The average Bonchev–Trinajstić information content (AvgIpc) is 2.65. The molecule has 2 N–H and O–H groups in total. The van der Waals surface area contributed by atoms with E-state index in [4.69, 9.17) is 5.11 Å². The largest absolute Gasteiger partial charge is 0.481 e. The summed E-state index contributed by atoms with van der Waals surface area (Å²) in [6.45, 7) is 0.159. The Balaban J connectivity index is 2.40. The van der Waals surface area contributed by atoms with Crippen molar-refractivity contribution in [2.45, 2.75) is 13.0 Å². The Bertz CT molecular complexity index is 412. The van der Waals surface area contributed by atoms with Gasteiger partial charge in [0.2, 0.25) is 10.0 Å². The molecule has 0 saturated heterocycles. The molecule has 0 atom stereocenters. The van der Waals surface area contributed by atoms with Crippen LogP contribution in [0.25, 0.3) is 0 Å². The molecule has 0 aliphatic carbocycles. The number of hydrogen-bond donors (Lipinski definition) is 2. The zero-order chi connectivity index (χ0) is 11.3. The third-order valence-corrected chi connectivity index (χ3v) is 3.64. The topological polar surface area (TPSA) is 96.4 Å². The molecule has 0 aliphatic rings. The highest BCUT2D eigenvalue weighted by molar-refractivity contribution is 7.89. The molecular weight excluding hydrogens is 240 g/mol. The van der Waals surface area contributed by atoms with Crippen molar-refractivity contribution >= 4 is 27.3 Å². The number of hydrogen-bond acceptors (Lipinski definition) is 5. The van der Waals surface area contributed by atoms with Gasteiger partial charge in [-0.25, -0.2) is 13.1 Å². The van der Waals surface area contributed by atoms with E-state index in [9.17, 15) is 13.2 Å². The molecule has 0 amide bonds. The molecule has 84 valence electrons. The van der Waals surface area contributed by atoms with Gasteiger partial charge in [0.25, 0.3) is 0 Å². The fourth-order valence-corrected chi connectivity index (χ4v) is 2.39. The zero-order valence-corrected chi connectivity index (χ0v) is 9.34. The van der Waals surface area contributed by atoms with Gasteiger partial charge in [-0.3, -0.25) is 9.78 Å². The predicted molar refractivity (Wildman–Crippen MR) is 55.0 cm³/mol. The van der Waals surface area contributed by atoms with Crippen LogP contribution in [-0.2, 0) is 21.4 Å². The van der Waals surface area contributed by atoms with Gasteiger partial charge in [0.1, 0.15) is 0 Å². The fourth-order valence-electron chi connectivity index (χ4n) is 0.804. The van der Waals surface area contributed by atoms with Crippen molar-refractivity contribution in [1.82, 2.24) is 9.71 Å². The third-order valence-electron chi connectivity index (χ3n) is 1.53. The van der Waals surface area contributed by atoms with Crippen molar-refractivity contribution < 1.29 is 18.3 Å².